The van der Waals surface area contributed by atoms with Crippen LogP contribution in [0.5, 0.6) is 0 Å². The molecule has 0 bridgehead atoms. The fourth-order valence-corrected chi connectivity index (χ4v) is 5.85. The van der Waals surface area contributed by atoms with Gasteiger partial charge in [0.1, 0.15) is 0 Å². The molecule has 0 fully saturated rings. The highest BCUT2D eigenvalue weighted by Gasteiger charge is 2.13. The lowest BCUT2D eigenvalue weighted by atomic mass is 9.91. The maximum absolute atomic E-state index is 5.12. The van der Waals surface area contributed by atoms with Crippen molar-refractivity contribution in [2.75, 3.05) is 0 Å². The predicted octanol–water partition coefficient (Wildman–Crippen LogP) is 10.5. The Hall–Kier alpha value is -5.93. The molecule has 206 valence electrons. The first-order valence-electron chi connectivity index (χ1n) is 14.8. The molecule has 0 aliphatic heterocycles. The molecule has 0 spiro atoms. The molecule has 0 atom stereocenters. The smallest absolute Gasteiger partial charge is 0.0715 e. The molecule has 3 heteroatoms. The Morgan fingerprint density at radius 2 is 0.727 bits per heavy atom. The summed E-state index contributed by atoms with van der Waals surface area (Å²) in [6.07, 6.45) is 3.68. The summed E-state index contributed by atoms with van der Waals surface area (Å²) < 4.78 is 0. The van der Waals surface area contributed by atoms with E-state index in [4.69, 9.17) is 4.98 Å². The molecule has 0 radical (unpaired) electrons. The van der Waals surface area contributed by atoms with Crippen molar-refractivity contribution in [3.63, 3.8) is 0 Å². The quantitative estimate of drug-likeness (QED) is 0.210. The van der Waals surface area contributed by atoms with Crippen LogP contribution in [-0.4, -0.2) is 15.0 Å². The SMILES string of the molecule is c1ccc(-c2cc(-c3cc(-c4ccc5ncccc5c4)cc(-c4ccc5ncccc5c4)c3)cc(-c3ccccc3)n2)cc1. The number of rotatable bonds is 5. The Morgan fingerprint density at radius 3 is 1.20 bits per heavy atom. The molecule has 0 saturated carbocycles. The Balaban J connectivity index is 1.36. The van der Waals surface area contributed by atoms with Crippen LogP contribution in [0.3, 0.4) is 0 Å². The molecule has 3 aromatic heterocycles. The topological polar surface area (TPSA) is 38.7 Å². The van der Waals surface area contributed by atoms with Crippen LogP contribution in [0, 0.1) is 0 Å². The number of aromatic nitrogens is 3. The van der Waals surface area contributed by atoms with Gasteiger partial charge in [0.25, 0.3) is 0 Å². The standard InChI is InChI=1S/C41H27N3/c1-3-9-28(10-4-1)40-26-37(27-41(44-40)29-11-5-2-6-12-29)36-24-34(30-15-17-38-32(21-30)13-7-19-42-38)23-35(25-36)31-16-18-39-33(22-31)14-8-20-43-39/h1-27H. The lowest BCUT2D eigenvalue weighted by Gasteiger charge is -2.14. The predicted molar refractivity (Wildman–Crippen MR) is 182 cm³/mol. The molecular weight excluding hydrogens is 534 g/mol. The van der Waals surface area contributed by atoms with Gasteiger partial charge in [0.15, 0.2) is 0 Å². The zero-order valence-electron chi connectivity index (χ0n) is 23.9. The van der Waals surface area contributed by atoms with Crippen LogP contribution in [-0.2, 0) is 0 Å². The molecule has 8 aromatic rings. The van der Waals surface area contributed by atoms with Crippen molar-refractivity contribution >= 4 is 21.8 Å². The second-order valence-corrected chi connectivity index (χ2v) is 11.0. The minimum Gasteiger partial charge on any atom is -0.256 e. The van der Waals surface area contributed by atoms with Crippen molar-refractivity contribution in [3.8, 4) is 55.9 Å². The third kappa shape index (κ3) is 5.01. The number of nitrogens with zero attached hydrogens (tertiary/aromatic N) is 3. The van der Waals surface area contributed by atoms with Crippen molar-refractivity contribution in [1.29, 1.82) is 0 Å². The van der Waals surface area contributed by atoms with Crippen LogP contribution in [0.15, 0.2) is 164 Å². The van der Waals surface area contributed by atoms with Gasteiger partial charge >= 0.3 is 0 Å². The van der Waals surface area contributed by atoms with Gasteiger partial charge in [-0.2, -0.15) is 0 Å². The van der Waals surface area contributed by atoms with E-state index in [1.807, 2.05) is 36.7 Å². The summed E-state index contributed by atoms with van der Waals surface area (Å²) in [6.45, 7) is 0. The van der Waals surface area contributed by atoms with Gasteiger partial charge in [-0.25, -0.2) is 4.98 Å². The van der Waals surface area contributed by atoms with E-state index in [-0.39, 0.29) is 0 Å². The van der Waals surface area contributed by atoms with E-state index < -0.39 is 0 Å². The molecule has 0 saturated heterocycles. The summed E-state index contributed by atoms with van der Waals surface area (Å²) in [6, 6.07) is 53.3. The van der Waals surface area contributed by atoms with Gasteiger partial charge in [-0.05, 0) is 100 Å². The monoisotopic (exact) mass is 561 g/mol. The summed E-state index contributed by atoms with van der Waals surface area (Å²) in [5, 5.41) is 2.24. The maximum atomic E-state index is 5.12. The van der Waals surface area contributed by atoms with Crippen molar-refractivity contribution in [3.05, 3.63) is 164 Å². The molecule has 0 aliphatic rings. The van der Waals surface area contributed by atoms with Gasteiger partial charge in [0.2, 0.25) is 0 Å². The van der Waals surface area contributed by atoms with E-state index in [2.05, 4.69) is 137 Å². The van der Waals surface area contributed by atoms with Gasteiger partial charge in [-0.1, -0.05) is 84.9 Å². The number of hydrogen-bond donors (Lipinski definition) is 0. The molecule has 0 N–H and O–H groups in total. The summed E-state index contributed by atoms with van der Waals surface area (Å²) >= 11 is 0. The van der Waals surface area contributed by atoms with Gasteiger partial charge in [-0.3, -0.25) is 9.97 Å². The Bertz CT molecular complexity index is 2120. The van der Waals surface area contributed by atoms with E-state index >= 15 is 0 Å². The Morgan fingerprint density at radius 1 is 0.295 bits per heavy atom. The largest absolute Gasteiger partial charge is 0.256 e. The average Bonchev–Trinajstić information content (AvgIpc) is 3.11. The number of hydrogen-bond acceptors (Lipinski definition) is 3. The van der Waals surface area contributed by atoms with Crippen LogP contribution >= 0.6 is 0 Å². The fraction of sp³-hybridized carbons (Fsp3) is 0. The van der Waals surface area contributed by atoms with E-state index in [0.717, 1.165) is 77.7 Å². The molecule has 8 rings (SSSR count). The summed E-state index contributed by atoms with van der Waals surface area (Å²) in [4.78, 5) is 14.2. The summed E-state index contributed by atoms with van der Waals surface area (Å²) in [5.74, 6) is 0. The second kappa shape index (κ2) is 11.0. The Labute approximate surface area is 256 Å². The molecule has 3 heterocycles. The van der Waals surface area contributed by atoms with Crippen LogP contribution in [0.1, 0.15) is 0 Å². The van der Waals surface area contributed by atoms with Gasteiger partial charge in [0, 0.05) is 34.3 Å². The van der Waals surface area contributed by atoms with E-state index in [1.54, 1.807) is 0 Å². The minimum absolute atomic E-state index is 0.947. The Kier molecular flexibility index (Phi) is 6.47. The molecule has 5 aromatic carbocycles. The summed E-state index contributed by atoms with van der Waals surface area (Å²) in [7, 11) is 0. The van der Waals surface area contributed by atoms with E-state index in [9.17, 15) is 0 Å². The van der Waals surface area contributed by atoms with Gasteiger partial charge < -0.3 is 0 Å². The molecule has 0 unspecified atom stereocenters. The van der Waals surface area contributed by atoms with E-state index in [1.165, 1.54) is 0 Å². The first-order valence-corrected chi connectivity index (χ1v) is 14.8. The zero-order chi connectivity index (χ0) is 29.3. The molecule has 0 aliphatic carbocycles. The number of pyridine rings is 3. The minimum atomic E-state index is 0.947. The van der Waals surface area contributed by atoms with Gasteiger partial charge in [-0.15, -0.1) is 0 Å². The van der Waals surface area contributed by atoms with Crippen LogP contribution in [0.4, 0.5) is 0 Å². The van der Waals surface area contributed by atoms with Gasteiger partial charge in [0.05, 0.1) is 22.4 Å². The van der Waals surface area contributed by atoms with Crippen molar-refractivity contribution in [2.24, 2.45) is 0 Å². The fourth-order valence-electron chi connectivity index (χ4n) is 5.85. The van der Waals surface area contributed by atoms with E-state index in [0.29, 0.717) is 0 Å². The van der Waals surface area contributed by atoms with Crippen LogP contribution in [0.25, 0.3) is 77.7 Å². The summed E-state index contributed by atoms with van der Waals surface area (Å²) in [5.41, 5.74) is 12.9. The molecule has 44 heavy (non-hydrogen) atoms. The number of benzene rings is 5. The van der Waals surface area contributed by atoms with Crippen molar-refractivity contribution < 1.29 is 0 Å². The zero-order valence-corrected chi connectivity index (χ0v) is 23.9. The van der Waals surface area contributed by atoms with Crippen molar-refractivity contribution in [2.45, 2.75) is 0 Å². The lowest BCUT2D eigenvalue weighted by Crippen LogP contribution is -1.92. The highest BCUT2D eigenvalue weighted by molar-refractivity contribution is 5.90. The first-order chi connectivity index (χ1) is 21.8. The van der Waals surface area contributed by atoms with Crippen LogP contribution < -0.4 is 0 Å². The third-order valence-electron chi connectivity index (χ3n) is 8.10. The maximum Gasteiger partial charge on any atom is 0.0715 e. The first kappa shape index (κ1) is 25.8. The highest BCUT2D eigenvalue weighted by Crippen LogP contribution is 2.37. The average molecular weight is 562 g/mol. The molecule has 0 amide bonds. The molecule has 3 nitrogen and oxygen atoms in total. The normalized spacial score (nSPS) is 11.2. The highest BCUT2D eigenvalue weighted by atomic mass is 14.7. The molecular formula is C41H27N3. The second-order valence-electron chi connectivity index (χ2n) is 11.0. The number of fused-ring (bicyclic) bond motifs is 2. The lowest BCUT2D eigenvalue weighted by molar-refractivity contribution is 1.32. The van der Waals surface area contributed by atoms with Crippen molar-refractivity contribution in [1.82, 2.24) is 15.0 Å². The third-order valence-corrected chi connectivity index (χ3v) is 8.10. The van der Waals surface area contributed by atoms with Crippen LogP contribution in [0.2, 0.25) is 0 Å².